The summed E-state index contributed by atoms with van der Waals surface area (Å²) in [5, 5.41) is 18.0. The summed E-state index contributed by atoms with van der Waals surface area (Å²) >= 11 is 0. The first-order chi connectivity index (χ1) is 18.6. The van der Waals surface area contributed by atoms with Gasteiger partial charge in [0.15, 0.2) is 0 Å². The van der Waals surface area contributed by atoms with Crippen LogP contribution < -0.4 is 18.8 Å². The van der Waals surface area contributed by atoms with Crippen LogP contribution in [0.2, 0.25) is 0 Å². The summed E-state index contributed by atoms with van der Waals surface area (Å²) in [5.74, 6) is 2.40. The molecular weight excluding hydrogens is 478 g/mol. The fourth-order valence-electron chi connectivity index (χ4n) is 4.61. The van der Waals surface area contributed by atoms with Crippen molar-refractivity contribution in [2.24, 2.45) is 34.6 Å². The molecule has 2 aromatic carbocycles. The topological polar surface area (TPSA) is 79.5 Å². The molecule has 0 unspecified atom stereocenters. The average molecular weight is 514 g/mol. The minimum absolute atomic E-state index is 0.777. The molecule has 1 saturated heterocycles. The molecule has 0 spiro atoms. The molecule has 0 N–H and O–H groups in total. The van der Waals surface area contributed by atoms with E-state index in [1.165, 1.54) is 18.5 Å². The fourth-order valence-corrected chi connectivity index (χ4v) is 4.61. The summed E-state index contributed by atoms with van der Waals surface area (Å²) in [4.78, 5) is 2.42. The highest BCUT2D eigenvalue weighted by Gasteiger charge is 2.18. The van der Waals surface area contributed by atoms with Gasteiger partial charge >= 0.3 is 11.9 Å². The number of nitrogens with zero attached hydrogens (tertiary/aromatic N) is 9. The minimum Gasteiger partial charge on any atom is -0.497 e. The predicted octanol–water partition coefficient (Wildman–Crippen LogP) is 5.47. The van der Waals surface area contributed by atoms with E-state index in [-0.39, 0.29) is 0 Å². The van der Waals surface area contributed by atoms with Gasteiger partial charge in [0.2, 0.25) is 0 Å². The van der Waals surface area contributed by atoms with E-state index >= 15 is 0 Å². The van der Waals surface area contributed by atoms with E-state index in [2.05, 4.69) is 46.6 Å². The predicted molar refractivity (Wildman–Crippen MR) is 145 cm³/mol. The molecule has 1 aliphatic heterocycles. The Labute approximate surface area is 223 Å². The SMILES string of the molecule is COc1ccc(/N=N/c2n(C)cc[n+]2CCC[n+]2ccn(C)c2/N=N/c2ccc(N3CCCC3)cc2)cc1. The first kappa shape index (κ1) is 25.3. The summed E-state index contributed by atoms with van der Waals surface area (Å²) in [6.45, 7) is 3.88. The molecule has 0 radical (unpaired) electrons. The van der Waals surface area contributed by atoms with Gasteiger partial charge in [0.05, 0.1) is 59.1 Å². The highest BCUT2D eigenvalue weighted by Crippen LogP contribution is 2.24. The second-order valence-electron chi connectivity index (χ2n) is 9.47. The second kappa shape index (κ2) is 11.8. The Kier molecular flexibility index (Phi) is 7.86. The van der Waals surface area contributed by atoms with Crippen molar-refractivity contribution in [3.8, 4) is 5.75 Å². The van der Waals surface area contributed by atoms with Gasteiger partial charge in [-0.15, -0.1) is 0 Å². The fraction of sp³-hybridized carbons (Fsp3) is 0.357. The molecule has 1 fully saturated rings. The van der Waals surface area contributed by atoms with Gasteiger partial charge in [-0.25, -0.2) is 18.3 Å². The van der Waals surface area contributed by atoms with E-state index in [1.54, 1.807) is 7.11 Å². The van der Waals surface area contributed by atoms with Gasteiger partial charge in [0.1, 0.15) is 17.1 Å². The van der Waals surface area contributed by atoms with Crippen molar-refractivity contribution in [3.63, 3.8) is 0 Å². The standard InChI is InChI=1S/C28H35N9O/c1-33-19-21-36(27(33)31-29-23-7-11-25(12-8-23)35-15-4-5-16-35)17-6-18-37-22-20-34(2)28(37)32-30-24-9-13-26(38-3)14-10-24/h7-14,19-22H,4-6,15-18H2,1-3H3/q+2. The van der Waals surface area contributed by atoms with Gasteiger partial charge in [0, 0.05) is 35.4 Å². The molecule has 1 aliphatic rings. The van der Waals surface area contributed by atoms with Crippen molar-refractivity contribution in [2.45, 2.75) is 32.4 Å². The van der Waals surface area contributed by atoms with Crippen molar-refractivity contribution < 1.29 is 13.9 Å². The summed E-state index contributed by atoms with van der Waals surface area (Å²) in [6, 6.07) is 15.9. The lowest BCUT2D eigenvalue weighted by molar-refractivity contribution is -0.714. The molecule has 0 bridgehead atoms. The van der Waals surface area contributed by atoms with Crippen LogP contribution in [0.15, 0.2) is 93.8 Å². The number of benzene rings is 2. The highest BCUT2D eigenvalue weighted by molar-refractivity contribution is 5.53. The molecule has 10 heteroatoms. The third-order valence-corrected chi connectivity index (χ3v) is 6.79. The number of hydrogen-bond donors (Lipinski definition) is 0. The van der Waals surface area contributed by atoms with Crippen LogP contribution in [-0.2, 0) is 27.2 Å². The van der Waals surface area contributed by atoms with Crippen LogP contribution in [0.3, 0.4) is 0 Å². The van der Waals surface area contributed by atoms with Crippen LogP contribution in [0.5, 0.6) is 5.75 Å². The highest BCUT2D eigenvalue weighted by atomic mass is 16.5. The van der Waals surface area contributed by atoms with Gasteiger partial charge in [-0.05, 0) is 61.4 Å². The van der Waals surface area contributed by atoms with E-state index in [4.69, 9.17) is 4.74 Å². The molecule has 4 aromatic rings. The van der Waals surface area contributed by atoms with Crippen LogP contribution in [0, 0.1) is 0 Å². The molecule has 0 aliphatic carbocycles. The summed E-state index contributed by atoms with van der Waals surface area (Å²) in [7, 11) is 5.61. The molecule has 3 heterocycles. The van der Waals surface area contributed by atoms with Gasteiger partial charge in [-0.2, -0.15) is 0 Å². The van der Waals surface area contributed by atoms with Crippen LogP contribution in [0.1, 0.15) is 19.3 Å². The number of ether oxygens (including phenoxy) is 1. The number of aromatic nitrogens is 4. The Bertz CT molecular complexity index is 1400. The third kappa shape index (κ3) is 5.96. The van der Waals surface area contributed by atoms with Gasteiger partial charge in [-0.1, -0.05) is 10.2 Å². The number of methoxy groups -OCH3 is 1. The second-order valence-corrected chi connectivity index (χ2v) is 9.47. The van der Waals surface area contributed by atoms with Crippen LogP contribution in [0.25, 0.3) is 0 Å². The maximum absolute atomic E-state index is 5.21. The summed E-state index contributed by atoms with van der Waals surface area (Å²) < 4.78 is 13.4. The molecule has 0 atom stereocenters. The van der Waals surface area contributed by atoms with Crippen molar-refractivity contribution in [1.82, 2.24) is 9.13 Å². The van der Waals surface area contributed by atoms with E-state index in [9.17, 15) is 0 Å². The average Bonchev–Trinajstić information content (AvgIpc) is 3.69. The molecule has 2 aromatic heterocycles. The van der Waals surface area contributed by atoms with E-state index in [0.717, 1.165) is 61.6 Å². The molecule has 196 valence electrons. The summed E-state index contributed by atoms with van der Waals surface area (Å²) in [6.07, 6.45) is 11.5. The lowest BCUT2D eigenvalue weighted by Crippen LogP contribution is -2.37. The van der Waals surface area contributed by atoms with Crippen LogP contribution in [0.4, 0.5) is 29.0 Å². The monoisotopic (exact) mass is 513 g/mol. The van der Waals surface area contributed by atoms with Crippen molar-refractivity contribution in [2.75, 3.05) is 25.1 Å². The molecule has 0 amide bonds. The van der Waals surface area contributed by atoms with Gasteiger partial charge in [0.25, 0.3) is 0 Å². The van der Waals surface area contributed by atoms with Crippen LogP contribution in [-0.4, -0.2) is 29.3 Å². The van der Waals surface area contributed by atoms with E-state index in [0.29, 0.717) is 0 Å². The lowest BCUT2D eigenvalue weighted by Gasteiger charge is -2.16. The molecule has 10 nitrogen and oxygen atoms in total. The lowest BCUT2D eigenvalue weighted by atomic mass is 10.2. The number of anilines is 1. The maximum atomic E-state index is 5.21. The largest absolute Gasteiger partial charge is 0.497 e. The smallest absolute Gasteiger partial charge is 0.421 e. The van der Waals surface area contributed by atoms with E-state index in [1.807, 2.05) is 84.4 Å². The third-order valence-electron chi connectivity index (χ3n) is 6.79. The Morgan fingerprint density at radius 1 is 0.711 bits per heavy atom. The molecule has 0 saturated carbocycles. The number of rotatable bonds is 10. The van der Waals surface area contributed by atoms with Crippen molar-refractivity contribution in [1.29, 1.82) is 0 Å². The zero-order chi connectivity index (χ0) is 26.3. The van der Waals surface area contributed by atoms with Crippen LogP contribution >= 0.6 is 0 Å². The number of imidazole rings is 2. The Morgan fingerprint density at radius 3 is 1.71 bits per heavy atom. The Balaban J connectivity index is 1.20. The van der Waals surface area contributed by atoms with E-state index < -0.39 is 0 Å². The summed E-state index contributed by atoms with van der Waals surface area (Å²) in [5.41, 5.74) is 2.89. The number of azo groups is 2. The maximum Gasteiger partial charge on any atom is 0.421 e. The number of aryl methyl sites for hydroxylation is 4. The normalized spacial score (nSPS) is 13.8. The van der Waals surface area contributed by atoms with Crippen molar-refractivity contribution in [3.05, 3.63) is 73.3 Å². The van der Waals surface area contributed by atoms with Gasteiger partial charge in [-0.3, -0.25) is 0 Å². The quantitative estimate of drug-likeness (QED) is 0.208. The first-order valence-corrected chi connectivity index (χ1v) is 13.0. The zero-order valence-electron chi connectivity index (χ0n) is 22.3. The first-order valence-electron chi connectivity index (χ1n) is 13.0. The van der Waals surface area contributed by atoms with Crippen molar-refractivity contribution >= 4 is 29.0 Å². The Morgan fingerprint density at radius 2 is 1.21 bits per heavy atom. The van der Waals surface area contributed by atoms with Gasteiger partial charge < -0.3 is 9.64 Å². The minimum atomic E-state index is 0.777. The molecule has 5 rings (SSSR count). The zero-order valence-corrected chi connectivity index (χ0v) is 22.3. The molecule has 38 heavy (non-hydrogen) atoms. The number of hydrogen-bond acceptors (Lipinski definition) is 6. The molecular formula is C28H35N9O+2. The Hall–Kier alpha value is -4.34.